The predicted molar refractivity (Wildman–Crippen MR) is 177 cm³/mol. The van der Waals surface area contributed by atoms with E-state index >= 15 is 0 Å². The van der Waals surface area contributed by atoms with Crippen molar-refractivity contribution in [1.82, 2.24) is 0 Å². The van der Waals surface area contributed by atoms with Gasteiger partial charge in [-0.25, -0.2) is 38.4 Å². The topological polar surface area (TPSA) is 240 Å². The van der Waals surface area contributed by atoms with Crippen LogP contribution in [0.3, 0.4) is 0 Å². The number of carbonyl (C=O) groups is 8. The Labute approximate surface area is 296 Å². The minimum absolute atomic E-state index is 0.00227. The summed E-state index contributed by atoms with van der Waals surface area (Å²) in [7, 11) is 2.47. The van der Waals surface area contributed by atoms with Crippen molar-refractivity contribution in [2.45, 2.75) is 51.1 Å². The lowest BCUT2D eigenvalue weighted by atomic mass is 10.2. The Bertz CT molecular complexity index is 1310. The normalized spacial score (nSPS) is 12.7. The van der Waals surface area contributed by atoms with Gasteiger partial charge in [0.25, 0.3) is 0 Å². The van der Waals surface area contributed by atoms with Crippen LogP contribution in [-0.4, -0.2) is 128 Å². The summed E-state index contributed by atoms with van der Waals surface area (Å²) in [5.74, 6) is -6.36. The zero-order chi connectivity index (χ0) is 39.6. The van der Waals surface area contributed by atoms with Gasteiger partial charge in [0.15, 0.2) is 20.5 Å². The van der Waals surface area contributed by atoms with Crippen molar-refractivity contribution in [1.29, 1.82) is 0 Å². The van der Waals surface area contributed by atoms with Gasteiger partial charge >= 0.3 is 47.8 Å². The zero-order valence-electron chi connectivity index (χ0n) is 30.0. The molecule has 0 radical (unpaired) electrons. The standard InChI is InChI=1S/C19H30O9Si.C13H16O9/c1-19(2,3)29(6,7)27-13-14(28-18(23)11-9-16(21)25-5)12-26-17(22)10-8-15(20)24-4;1-19-10(15)3-5-12(17)21-8-9(7-14)22-13(18)6-4-11(16)20-2/h8-11,14H,12-13H2,1-7H3;3-6,9,14H,7-8H2,1-2H3/b10-8+,11-9+;5-3+,6-4+/t14-;9-/m10/s1. The summed E-state index contributed by atoms with van der Waals surface area (Å²) < 4.78 is 42.9. The average Bonchev–Trinajstić information content (AvgIpc) is 3.09. The number of aliphatic hydroxyl groups is 1. The lowest BCUT2D eigenvalue weighted by molar-refractivity contribution is -0.155. The highest BCUT2D eigenvalue weighted by molar-refractivity contribution is 6.74. The first-order chi connectivity index (χ1) is 23.7. The van der Waals surface area contributed by atoms with Gasteiger partial charge in [-0.05, 0) is 18.1 Å². The van der Waals surface area contributed by atoms with Gasteiger partial charge in [0.1, 0.15) is 13.2 Å². The van der Waals surface area contributed by atoms with E-state index in [1.165, 1.54) is 14.2 Å². The Morgan fingerprint density at radius 3 is 1.12 bits per heavy atom. The maximum atomic E-state index is 11.9. The number of rotatable bonds is 18. The maximum Gasteiger partial charge on any atom is 0.331 e. The van der Waals surface area contributed by atoms with Crippen LogP contribution < -0.4 is 0 Å². The molecule has 0 aromatic rings. The smallest absolute Gasteiger partial charge is 0.331 e. The first-order valence-electron chi connectivity index (χ1n) is 14.8. The van der Waals surface area contributed by atoms with Gasteiger partial charge in [0, 0.05) is 48.6 Å². The molecule has 51 heavy (non-hydrogen) atoms. The fourth-order valence-electron chi connectivity index (χ4n) is 2.43. The molecule has 0 aliphatic rings. The Morgan fingerprint density at radius 2 is 0.804 bits per heavy atom. The SMILES string of the molecule is COC(=O)/C=C/C(=O)OC[C@H](CO)OC(=O)/C=C/C(=O)OC.COC(=O)/C=C/C(=O)OC[C@H](CO[Si](C)(C)C(C)(C)C)OC(=O)/C=C/C(=O)OC. The van der Waals surface area contributed by atoms with E-state index in [1.54, 1.807) is 0 Å². The van der Waals surface area contributed by atoms with E-state index in [2.05, 4.69) is 44.5 Å². The summed E-state index contributed by atoms with van der Waals surface area (Å²) in [6.07, 6.45) is 4.91. The molecule has 0 aliphatic heterocycles. The molecule has 286 valence electrons. The Kier molecular flexibility index (Phi) is 24.2. The molecule has 0 aromatic carbocycles. The first-order valence-corrected chi connectivity index (χ1v) is 17.7. The number of ether oxygens (including phenoxy) is 8. The molecule has 0 aliphatic carbocycles. The van der Waals surface area contributed by atoms with Gasteiger partial charge in [-0.1, -0.05) is 20.8 Å². The second-order valence-corrected chi connectivity index (χ2v) is 15.9. The molecule has 0 rings (SSSR count). The predicted octanol–water partition coefficient (Wildman–Crippen LogP) is 0.814. The van der Waals surface area contributed by atoms with E-state index in [4.69, 9.17) is 23.7 Å². The Balaban J connectivity index is 0. The van der Waals surface area contributed by atoms with Crippen molar-refractivity contribution >= 4 is 56.1 Å². The van der Waals surface area contributed by atoms with E-state index in [9.17, 15) is 38.4 Å². The van der Waals surface area contributed by atoms with Crippen LogP contribution in [0.1, 0.15) is 20.8 Å². The van der Waals surface area contributed by atoms with Gasteiger partial charge in [0.2, 0.25) is 0 Å². The molecule has 1 N–H and O–H groups in total. The van der Waals surface area contributed by atoms with Crippen LogP contribution in [0.4, 0.5) is 0 Å². The quantitative estimate of drug-likeness (QED) is 0.0883. The maximum absolute atomic E-state index is 11.9. The van der Waals surface area contributed by atoms with Crippen LogP contribution in [0.25, 0.3) is 0 Å². The molecule has 0 fully saturated rings. The highest BCUT2D eigenvalue weighted by atomic mass is 28.4. The number of methoxy groups -OCH3 is 4. The minimum Gasteiger partial charge on any atom is -0.466 e. The molecule has 18 nitrogen and oxygen atoms in total. The van der Waals surface area contributed by atoms with Crippen LogP contribution in [0.15, 0.2) is 48.6 Å². The molecule has 0 saturated carbocycles. The van der Waals surface area contributed by atoms with Crippen LogP contribution in [-0.2, 0) is 80.7 Å². The molecule has 0 aromatic heterocycles. The summed E-state index contributed by atoms with van der Waals surface area (Å²) in [4.78, 5) is 89.7. The summed E-state index contributed by atoms with van der Waals surface area (Å²) in [5.41, 5.74) is 0. The lowest BCUT2D eigenvalue weighted by Crippen LogP contribution is -2.44. The van der Waals surface area contributed by atoms with E-state index in [-0.39, 0.29) is 18.3 Å². The van der Waals surface area contributed by atoms with Crippen molar-refractivity contribution in [3.63, 3.8) is 0 Å². The fourth-order valence-corrected chi connectivity index (χ4v) is 3.46. The van der Waals surface area contributed by atoms with E-state index in [1.807, 2.05) is 13.1 Å². The number of carbonyl (C=O) groups excluding carboxylic acids is 8. The van der Waals surface area contributed by atoms with E-state index < -0.39 is 81.5 Å². The molecule has 0 spiro atoms. The molecular weight excluding hydrogens is 700 g/mol. The second kappa shape index (κ2) is 25.8. The monoisotopic (exact) mass is 746 g/mol. The molecule has 2 atom stereocenters. The van der Waals surface area contributed by atoms with Crippen molar-refractivity contribution in [3.8, 4) is 0 Å². The summed E-state index contributed by atoms with van der Waals surface area (Å²) in [6.45, 7) is 8.87. The Morgan fingerprint density at radius 1 is 0.510 bits per heavy atom. The van der Waals surface area contributed by atoms with Crippen molar-refractivity contribution < 1.29 is 85.8 Å². The van der Waals surface area contributed by atoms with Gasteiger partial charge in [0.05, 0.1) is 41.7 Å². The van der Waals surface area contributed by atoms with Crippen molar-refractivity contribution in [2.75, 3.05) is 54.9 Å². The Hall–Kier alpha value is -5.14. The molecule has 0 amide bonds. The number of hydrogen-bond acceptors (Lipinski definition) is 18. The summed E-state index contributed by atoms with van der Waals surface area (Å²) in [5, 5.41) is 8.91. The van der Waals surface area contributed by atoms with E-state index in [0.29, 0.717) is 0 Å². The minimum atomic E-state index is -2.15. The van der Waals surface area contributed by atoms with Crippen LogP contribution >= 0.6 is 0 Å². The molecule has 0 saturated heterocycles. The largest absolute Gasteiger partial charge is 0.466 e. The number of esters is 8. The average molecular weight is 747 g/mol. The lowest BCUT2D eigenvalue weighted by Gasteiger charge is -2.37. The number of hydrogen-bond donors (Lipinski definition) is 1. The molecule has 0 unspecified atom stereocenters. The first kappa shape index (κ1) is 48.0. The van der Waals surface area contributed by atoms with Crippen molar-refractivity contribution in [3.05, 3.63) is 48.6 Å². The van der Waals surface area contributed by atoms with Gasteiger partial charge in [-0.15, -0.1) is 0 Å². The van der Waals surface area contributed by atoms with Gasteiger partial charge < -0.3 is 47.4 Å². The highest BCUT2D eigenvalue weighted by Crippen LogP contribution is 2.36. The molecule has 0 bridgehead atoms. The molecule has 19 heteroatoms. The third-order valence-electron chi connectivity index (χ3n) is 6.26. The van der Waals surface area contributed by atoms with Crippen LogP contribution in [0.2, 0.25) is 18.1 Å². The van der Waals surface area contributed by atoms with Crippen LogP contribution in [0, 0.1) is 0 Å². The zero-order valence-corrected chi connectivity index (χ0v) is 31.0. The highest BCUT2D eigenvalue weighted by Gasteiger charge is 2.38. The van der Waals surface area contributed by atoms with Gasteiger partial charge in [-0.2, -0.15) is 0 Å². The summed E-state index contributed by atoms with van der Waals surface area (Å²) in [6, 6.07) is 0. The van der Waals surface area contributed by atoms with Crippen molar-refractivity contribution in [2.24, 2.45) is 0 Å². The number of aliphatic hydroxyl groups excluding tert-OH is 1. The third-order valence-corrected chi connectivity index (χ3v) is 10.8. The van der Waals surface area contributed by atoms with Gasteiger partial charge in [-0.3, -0.25) is 0 Å². The fraction of sp³-hybridized carbons (Fsp3) is 0.500. The molecule has 0 heterocycles. The van der Waals surface area contributed by atoms with Crippen LogP contribution in [0.5, 0.6) is 0 Å². The molecular formula is C32H46O18Si. The third kappa shape index (κ3) is 24.6. The summed E-state index contributed by atoms with van der Waals surface area (Å²) >= 11 is 0. The van der Waals surface area contributed by atoms with E-state index in [0.717, 1.165) is 62.8 Å². The second-order valence-electron chi connectivity index (χ2n) is 11.1.